The molecule has 0 bridgehead atoms. The van der Waals surface area contributed by atoms with Crippen molar-refractivity contribution < 1.29 is 43.1 Å². The lowest BCUT2D eigenvalue weighted by Crippen LogP contribution is -2.16. The molecule has 0 fully saturated rings. The number of hydrogen-bond acceptors (Lipinski definition) is 9. The fraction of sp³-hybridized carbons (Fsp3) is 0.710. The highest BCUT2D eigenvalue weighted by atomic mass is 16.6. The molecule has 1 aromatic rings. The zero-order chi connectivity index (χ0) is 28.8. The van der Waals surface area contributed by atoms with Gasteiger partial charge in [0.25, 0.3) is 0 Å². The van der Waals surface area contributed by atoms with Gasteiger partial charge in [0.15, 0.2) is 0 Å². The zero-order valence-corrected chi connectivity index (χ0v) is 24.5. The van der Waals surface area contributed by atoms with Crippen molar-refractivity contribution in [2.24, 2.45) is 0 Å². The Labute approximate surface area is 241 Å². The Balaban J connectivity index is 2.10. The van der Waals surface area contributed by atoms with E-state index in [4.69, 9.17) is 38.3 Å². The van der Waals surface area contributed by atoms with Crippen LogP contribution in [0.4, 0.5) is 0 Å². The Morgan fingerprint density at radius 3 is 1.70 bits per heavy atom. The third-order valence-electron chi connectivity index (χ3n) is 5.78. The van der Waals surface area contributed by atoms with E-state index >= 15 is 0 Å². The highest BCUT2D eigenvalue weighted by Gasteiger charge is 2.13. The molecule has 1 N–H and O–H groups in total. The fourth-order valence-electron chi connectivity index (χ4n) is 3.61. The largest absolute Gasteiger partial charge is 0.501 e. The second-order valence-corrected chi connectivity index (χ2v) is 9.22. The molecule has 0 aliphatic rings. The van der Waals surface area contributed by atoms with Gasteiger partial charge in [-0.15, -0.1) is 0 Å². The zero-order valence-electron chi connectivity index (χ0n) is 24.5. The van der Waals surface area contributed by atoms with Gasteiger partial charge in [0.2, 0.25) is 0 Å². The molecule has 9 heteroatoms. The van der Waals surface area contributed by atoms with E-state index in [1.54, 1.807) is 6.26 Å². The maximum atomic E-state index is 12.7. The Kier molecular flexibility index (Phi) is 25.7. The molecular formula is C31H52O9. The van der Waals surface area contributed by atoms with Crippen molar-refractivity contribution in [3.8, 4) is 0 Å². The van der Waals surface area contributed by atoms with Crippen LogP contribution in [-0.2, 0) is 44.4 Å². The predicted octanol–water partition coefficient (Wildman–Crippen LogP) is 4.50. The van der Waals surface area contributed by atoms with Crippen LogP contribution in [0.1, 0.15) is 57.4 Å². The van der Waals surface area contributed by atoms with Crippen molar-refractivity contribution in [1.29, 1.82) is 0 Å². The lowest BCUT2D eigenvalue weighted by molar-refractivity contribution is -0.141. The van der Waals surface area contributed by atoms with E-state index in [1.807, 2.05) is 30.3 Å². The number of hydrogen-bond donors (Lipinski definition) is 1. The smallest absolute Gasteiger partial charge is 0.337 e. The number of benzene rings is 1. The minimum atomic E-state index is -0.387. The van der Waals surface area contributed by atoms with E-state index in [2.05, 4.69) is 6.92 Å². The summed E-state index contributed by atoms with van der Waals surface area (Å²) in [5.74, 6) is -0.387. The van der Waals surface area contributed by atoms with E-state index in [0.717, 1.165) is 18.4 Å². The average molecular weight is 569 g/mol. The van der Waals surface area contributed by atoms with Crippen LogP contribution in [0, 0.1) is 0 Å². The normalized spacial score (nSPS) is 11.6. The second-order valence-electron chi connectivity index (χ2n) is 9.22. The summed E-state index contributed by atoms with van der Waals surface area (Å²) >= 11 is 0. The molecule has 0 unspecified atom stereocenters. The molecule has 0 aromatic heterocycles. The van der Waals surface area contributed by atoms with Gasteiger partial charge in [0.05, 0.1) is 91.1 Å². The molecule has 1 aromatic carbocycles. The highest BCUT2D eigenvalue weighted by Crippen LogP contribution is 2.11. The van der Waals surface area contributed by atoms with E-state index in [9.17, 15) is 4.79 Å². The van der Waals surface area contributed by atoms with Gasteiger partial charge < -0.3 is 38.3 Å². The summed E-state index contributed by atoms with van der Waals surface area (Å²) in [6.07, 6.45) is 10.5. The quantitative estimate of drug-likeness (QED) is 0.0648. The van der Waals surface area contributed by atoms with Gasteiger partial charge in [-0.1, -0.05) is 75.8 Å². The van der Waals surface area contributed by atoms with Gasteiger partial charge in [-0.2, -0.15) is 0 Å². The van der Waals surface area contributed by atoms with Crippen molar-refractivity contribution in [2.45, 2.75) is 58.3 Å². The van der Waals surface area contributed by atoms with Crippen molar-refractivity contribution in [3.05, 3.63) is 47.7 Å². The standard InChI is InChI=1S/C31H52O9/c1-2-3-4-5-6-7-11-15-39-28-30(27-29-12-9-8-10-13-29)31(33)40-26-25-38-24-23-37-22-21-36-20-19-35-18-17-34-16-14-32/h8-10,12-13,28,32H,2-7,11,14-27H2,1H3. The molecule has 0 atom stereocenters. The molecule has 0 amide bonds. The molecule has 0 aliphatic heterocycles. The van der Waals surface area contributed by atoms with Gasteiger partial charge in [0.1, 0.15) is 6.61 Å². The van der Waals surface area contributed by atoms with Crippen LogP contribution in [0.15, 0.2) is 42.2 Å². The Morgan fingerprint density at radius 1 is 0.650 bits per heavy atom. The molecule has 40 heavy (non-hydrogen) atoms. The van der Waals surface area contributed by atoms with E-state index in [1.165, 1.54) is 32.1 Å². The van der Waals surface area contributed by atoms with Crippen molar-refractivity contribution in [2.75, 3.05) is 85.9 Å². The van der Waals surface area contributed by atoms with Crippen LogP contribution in [0.3, 0.4) is 0 Å². The first-order valence-corrected chi connectivity index (χ1v) is 14.8. The maximum absolute atomic E-state index is 12.7. The third kappa shape index (κ3) is 22.8. The summed E-state index contributed by atoms with van der Waals surface area (Å²) < 4.78 is 37.9. The van der Waals surface area contributed by atoms with Gasteiger partial charge in [-0.25, -0.2) is 4.79 Å². The minimum absolute atomic E-state index is 0.0184. The second kappa shape index (κ2) is 28.5. The molecular weight excluding hydrogens is 516 g/mol. The number of carbonyl (C=O) groups is 1. The van der Waals surface area contributed by atoms with E-state index in [-0.39, 0.29) is 19.2 Å². The minimum Gasteiger partial charge on any atom is -0.501 e. The number of unbranched alkanes of at least 4 members (excludes halogenated alkanes) is 6. The first kappa shape index (κ1) is 36.0. The molecule has 0 saturated heterocycles. The van der Waals surface area contributed by atoms with Crippen LogP contribution >= 0.6 is 0 Å². The number of esters is 1. The summed E-state index contributed by atoms with van der Waals surface area (Å²) in [4.78, 5) is 12.7. The van der Waals surface area contributed by atoms with Crippen molar-refractivity contribution in [3.63, 3.8) is 0 Å². The summed E-state index contributed by atoms with van der Waals surface area (Å²) in [5.41, 5.74) is 1.52. The monoisotopic (exact) mass is 568 g/mol. The highest BCUT2D eigenvalue weighted by molar-refractivity contribution is 5.88. The number of ether oxygens (including phenoxy) is 7. The molecule has 0 radical (unpaired) electrons. The first-order chi connectivity index (χ1) is 19.8. The Bertz CT molecular complexity index is 712. The van der Waals surface area contributed by atoms with Gasteiger partial charge in [-0.3, -0.25) is 0 Å². The lowest BCUT2D eigenvalue weighted by Gasteiger charge is -2.10. The van der Waals surface area contributed by atoms with E-state index in [0.29, 0.717) is 84.7 Å². The average Bonchev–Trinajstić information content (AvgIpc) is 2.97. The number of carbonyl (C=O) groups excluding carboxylic acids is 1. The van der Waals surface area contributed by atoms with Crippen molar-refractivity contribution in [1.82, 2.24) is 0 Å². The first-order valence-electron chi connectivity index (χ1n) is 14.8. The van der Waals surface area contributed by atoms with E-state index < -0.39 is 0 Å². The molecule has 9 nitrogen and oxygen atoms in total. The fourth-order valence-corrected chi connectivity index (χ4v) is 3.61. The molecule has 0 aliphatic carbocycles. The number of aliphatic hydroxyl groups excluding tert-OH is 1. The van der Waals surface area contributed by atoms with Crippen LogP contribution in [-0.4, -0.2) is 97.0 Å². The summed E-state index contributed by atoms with van der Waals surface area (Å²) in [6.45, 7) is 7.30. The van der Waals surface area contributed by atoms with Gasteiger partial charge in [0, 0.05) is 6.42 Å². The molecule has 0 saturated carbocycles. The maximum Gasteiger partial charge on any atom is 0.337 e. The third-order valence-corrected chi connectivity index (χ3v) is 5.78. The van der Waals surface area contributed by atoms with Gasteiger partial charge >= 0.3 is 5.97 Å². The number of aliphatic hydroxyl groups is 1. The predicted molar refractivity (Wildman–Crippen MR) is 154 cm³/mol. The lowest BCUT2D eigenvalue weighted by atomic mass is 10.1. The topological polar surface area (TPSA) is 102 Å². The van der Waals surface area contributed by atoms with Gasteiger partial charge in [-0.05, 0) is 12.0 Å². The SMILES string of the molecule is CCCCCCCCCOC=C(Cc1ccccc1)C(=O)OCCOCCOCCOCCOCCOCCO. The summed E-state index contributed by atoms with van der Waals surface area (Å²) in [7, 11) is 0. The number of rotatable bonds is 29. The van der Waals surface area contributed by atoms with Crippen LogP contribution < -0.4 is 0 Å². The summed E-state index contributed by atoms with van der Waals surface area (Å²) in [5, 5.41) is 8.59. The van der Waals surface area contributed by atoms with Crippen molar-refractivity contribution >= 4 is 5.97 Å². The molecule has 1 rings (SSSR count). The van der Waals surface area contributed by atoms with Crippen LogP contribution in [0.5, 0.6) is 0 Å². The molecule has 230 valence electrons. The van der Waals surface area contributed by atoms with Crippen LogP contribution in [0.2, 0.25) is 0 Å². The van der Waals surface area contributed by atoms with Crippen LogP contribution in [0.25, 0.3) is 0 Å². The molecule has 0 heterocycles. The summed E-state index contributed by atoms with van der Waals surface area (Å²) in [6, 6.07) is 9.82. The Hall–Kier alpha value is -2.01. The Morgan fingerprint density at radius 2 is 1.15 bits per heavy atom. The molecule has 0 spiro atoms.